The van der Waals surface area contributed by atoms with E-state index in [1.54, 1.807) is 0 Å². The lowest BCUT2D eigenvalue weighted by Crippen LogP contribution is -2.42. The van der Waals surface area contributed by atoms with Crippen LogP contribution in [0.25, 0.3) is 0 Å². The molecule has 0 amide bonds. The Bertz CT molecular complexity index is 469. The Kier molecular flexibility index (Phi) is 5.04. The molecule has 2 aliphatic heterocycles. The predicted octanol–water partition coefficient (Wildman–Crippen LogP) is 3.28. The molecule has 22 heavy (non-hydrogen) atoms. The lowest BCUT2D eigenvalue weighted by atomic mass is 9.92. The molecule has 3 nitrogen and oxygen atoms in total. The number of piperidine rings is 2. The van der Waals surface area contributed by atoms with E-state index in [-0.39, 0.29) is 0 Å². The number of nitrogens with zero attached hydrogens (tertiary/aromatic N) is 2. The Balaban J connectivity index is 1.64. The van der Waals surface area contributed by atoms with Gasteiger partial charge in [0.1, 0.15) is 0 Å². The van der Waals surface area contributed by atoms with E-state index in [1.807, 2.05) is 0 Å². The summed E-state index contributed by atoms with van der Waals surface area (Å²) in [6.45, 7) is 5.86. The molecule has 1 N–H and O–H groups in total. The van der Waals surface area contributed by atoms with Crippen LogP contribution in [-0.4, -0.2) is 44.7 Å². The molecule has 0 aromatic heterocycles. The zero-order valence-electron chi connectivity index (χ0n) is 14.4. The Morgan fingerprint density at radius 1 is 1.09 bits per heavy atom. The number of rotatable bonds is 3. The minimum absolute atomic E-state index is 0.551. The van der Waals surface area contributed by atoms with Crippen molar-refractivity contribution in [1.82, 2.24) is 10.2 Å². The molecule has 2 fully saturated rings. The van der Waals surface area contributed by atoms with Gasteiger partial charge in [0.05, 0.1) is 0 Å². The summed E-state index contributed by atoms with van der Waals surface area (Å²) < 4.78 is 0. The summed E-state index contributed by atoms with van der Waals surface area (Å²) in [5.41, 5.74) is 2.88. The first kappa shape index (κ1) is 15.8. The van der Waals surface area contributed by atoms with Crippen molar-refractivity contribution in [2.24, 2.45) is 5.92 Å². The van der Waals surface area contributed by atoms with Crippen LogP contribution in [0.4, 0.5) is 5.69 Å². The van der Waals surface area contributed by atoms with Crippen LogP contribution in [0, 0.1) is 5.92 Å². The lowest BCUT2D eigenvalue weighted by Gasteiger charge is -2.37. The zero-order valence-corrected chi connectivity index (χ0v) is 14.4. The summed E-state index contributed by atoms with van der Waals surface area (Å²) in [5, 5.41) is 3.71. The summed E-state index contributed by atoms with van der Waals surface area (Å²) in [6.07, 6.45) is 5.16. The van der Waals surface area contributed by atoms with E-state index in [1.165, 1.54) is 50.0 Å². The molecule has 2 atom stereocenters. The van der Waals surface area contributed by atoms with Crippen LogP contribution in [0.5, 0.6) is 0 Å². The van der Waals surface area contributed by atoms with Gasteiger partial charge >= 0.3 is 0 Å². The van der Waals surface area contributed by atoms with Gasteiger partial charge in [0.15, 0.2) is 0 Å². The van der Waals surface area contributed by atoms with Crippen LogP contribution in [0.1, 0.15) is 44.2 Å². The van der Waals surface area contributed by atoms with Gasteiger partial charge in [0.2, 0.25) is 0 Å². The molecule has 0 spiro atoms. The van der Waals surface area contributed by atoms with Gasteiger partial charge in [-0.05, 0) is 69.9 Å². The summed E-state index contributed by atoms with van der Waals surface area (Å²) in [6, 6.07) is 10.5. The van der Waals surface area contributed by atoms with Crippen molar-refractivity contribution in [3.8, 4) is 0 Å². The third kappa shape index (κ3) is 3.64. The SMILES string of the molecule is C[C@H]1CC[C@H](c2cccc(N3CCC(N(C)C)CC3)c2)NC1. The standard InChI is InChI=1S/C19H31N3/c1-15-7-8-19(20-14-15)16-5-4-6-18(13-16)22-11-9-17(10-12-22)21(2)3/h4-6,13,15,17,19-20H,7-12,14H2,1-3H3/t15-,19+/m0/s1. The molecular weight excluding hydrogens is 270 g/mol. The maximum Gasteiger partial charge on any atom is 0.0369 e. The Morgan fingerprint density at radius 2 is 1.86 bits per heavy atom. The topological polar surface area (TPSA) is 18.5 Å². The van der Waals surface area contributed by atoms with E-state index in [0.717, 1.165) is 18.5 Å². The van der Waals surface area contributed by atoms with Gasteiger partial charge in [-0.25, -0.2) is 0 Å². The third-order valence-corrected chi connectivity index (χ3v) is 5.49. The van der Waals surface area contributed by atoms with Crippen molar-refractivity contribution in [2.45, 2.75) is 44.7 Å². The van der Waals surface area contributed by atoms with Crippen molar-refractivity contribution < 1.29 is 0 Å². The number of hydrogen-bond donors (Lipinski definition) is 1. The van der Waals surface area contributed by atoms with Crippen LogP contribution >= 0.6 is 0 Å². The molecule has 0 aliphatic carbocycles. The van der Waals surface area contributed by atoms with E-state index < -0.39 is 0 Å². The maximum atomic E-state index is 3.71. The fraction of sp³-hybridized carbons (Fsp3) is 0.684. The van der Waals surface area contributed by atoms with E-state index in [2.05, 4.69) is 60.4 Å². The summed E-state index contributed by atoms with van der Waals surface area (Å²) >= 11 is 0. The molecule has 2 aliphatic rings. The fourth-order valence-corrected chi connectivity index (χ4v) is 3.86. The van der Waals surface area contributed by atoms with Crippen molar-refractivity contribution in [3.63, 3.8) is 0 Å². The molecule has 1 aromatic carbocycles. The molecule has 3 heteroatoms. The monoisotopic (exact) mass is 301 g/mol. The highest BCUT2D eigenvalue weighted by Gasteiger charge is 2.22. The van der Waals surface area contributed by atoms with Gasteiger partial charge in [-0.3, -0.25) is 0 Å². The van der Waals surface area contributed by atoms with Crippen molar-refractivity contribution in [1.29, 1.82) is 0 Å². The molecule has 3 rings (SSSR count). The van der Waals surface area contributed by atoms with Gasteiger partial charge in [0, 0.05) is 30.9 Å². The van der Waals surface area contributed by atoms with Crippen molar-refractivity contribution in [2.75, 3.05) is 38.6 Å². The summed E-state index contributed by atoms with van der Waals surface area (Å²) in [4.78, 5) is 4.94. The normalized spacial score (nSPS) is 27.4. The molecule has 122 valence electrons. The molecule has 2 saturated heterocycles. The van der Waals surface area contributed by atoms with Crippen LogP contribution < -0.4 is 10.2 Å². The average Bonchev–Trinajstić information content (AvgIpc) is 2.56. The van der Waals surface area contributed by atoms with E-state index in [4.69, 9.17) is 0 Å². The minimum atomic E-state index is 0.551. The number of hydrogen-bond acceptors (Lipinski definition) is 3. The van der Waals surface area contributed by atoms with Crippen LogP contribution in [0.3, 0.4) is 0 Å². The van der Waals surface area contributed by atoms with E-state index >= 15 is 0 Å². The van der Waals surface area contributed by atoms with Crippen LogP contribution in [0.2, 0.25) is 0 Å². The quantitative estimate of drug-likeness (QED) is 0.924. The highest BCUT2D eigenvalue weighted by Crippen LogP contribution is 2.29. The van der Waals surface area contributed by atoms with E-state index in [9.17, 15) is 0 Å². The van der Waals surface area contributed by atoms with Gasteiger partial charge in [-0.1, -0.05) is 19.1 Å². The second-order valence-corrected chi connectivity index (χ2v) is 7.42. The Morgan fingerprint density at radius 3 is 2.50 bits per heavy atom. The second-order valence-electron chi connectivity index (χ2n) is 7.42. The number of anilines is 1. The zero-order chi connectivity index (χ0) is 15.5. The van der Waals surface area contributed by atoms with Gasteiger partial charge in [-0.2, -0.15) is 0 Å². The molecule has 2 heterocycles. The lowest BCUT2D eigenvalue weighted by molar-refractivity contribution is 0.249. The molecular formula is C19H31N3. The smallest absolute Gasteiger partial charge is 0.0369 e. The number of nitrogens with one attached hydrogen (secondary N) is 1. The summed E-state index contributed by atoms with van der Waals surface area (Å²) in [5.74, 6) is 0.824. The first-order valence-corrected chi connectivity index (χ1v) is 8.88. The highest BCUT2D eigenvalue weighted by atomic mass is 15.2. The Hall–Kier alpha value is -1.06. The molecule has 0 bridgehead atoms. The molecule has 1 aromatic rings. The minimum Gasteiger partial charge on any atom is -0.371 e. The third-order valence-electron chi connectivity index (χ3n) is 5.49. The summed E-state index contributed by atoms with van der Waals surface area (Å²) in [7, 11) is 4.41. The molecule has 0 radical (unpaired) electrons. The van der Waals surface area contributed by atoms with Gasteiger partial charge in [0.25, 0.3) is 0 Å². The largest absolute Gasteiger partial charge is 0.371 e. The second kappa shape index (κ2) is 7.01. The van der Waals surface area contributed by atoms with Crippen LogP contribution in [-0.2, 0) is 0 Å². The fourth-order valence-electron chi connectivity index (χ4n) is 3.86. The average molecular weight is 301 g/mol. The molecule has 0 saturated carbocycles. The maximum absolute atomic E-state index is 3.71. The highest BCUT2D eigenvalue weighted by molar-refractivity contribution is 5.49. The first-order valence-electron chi connectivity index (χ1n) is 8.88. The van der Waals surface area contributed by atoms with Gasteiger partial charge < -0.3 is 15.1 Å². The van der Waals surface area contributed by atoms with E-state index in [0.29, 0.717) is 6.04 Å². The molecule has 0 unspecified atom stereocenters. The number of benzene rings is 1. The van der Waals surface area contributed by atoms with Gasteiger partial charge in [-0.15, -0.1) is 0 Å². The Labute approximate surface area is 135 Å². The van der Waals surface area contributed by atoms with Crippen molar-refractivity contribution in [3.05, 3.63) is 29.8 Å². The predicted molar refractivity (Wildman–Crippen MR) is 94.5 cm³/mol. The van der Waals surface area contributed by atoms with Crippen LogP contribution in [0.15, 0.2) is 24.3 Å². The van der Waals surface area contributed by atoms with Crippen molar-refractivity contribution >= 4 is 5.69 Å². The first-order chi connectivity index (χ1) is 10.6.